The molecule has 0 aromatic rings. The van der Waals surface area contributed by atoms with Gasteiger partial charge in [-0.25, -0.2) is 0 Å². The first-order chi connectivity index (χ1) is 5.04. The maximum Gasteiger partial charge on any atom is -0.0124 e. The van der Waals surface area contributed by atoms with E-state index in [4.69, 9.17) is 0 Å². The van der Waals surface area contributed by atoms with Gasteiger partial charge in [-0.2, -0.15) is 0 Å². The summed E-state index contributed by atoms with van der Waals surface area (Å²) in [7, 11) is 0. The van der Waals surface area contributed by atoms with Gasteiger partial charge in [-0.15, -0.1) is 12.6 Å². The largest absolute Gasteiger partial charge is 0.147 e. The van der Waals surface area contributed by atoms with Crippen LogP contribution in [0.2, 0.25) is 0 Å². The van der Waals surface area contributed by atoms with Gasteiger partial charge in [0, 0.05) is 0 Å². The molecule has 0 saturated heterocycles. The maximum atomic E-state index is 4.47. The molecule has 0 heterocycles. The average molecular weight is 168 g/mol. The van der Waals surface area contributed by atoms with Gasteiger partial charge in [0.2, 0.25) is 0 Å². The molecule has 0 amide bonds. The summed E-state index contributed by atoms with van der Waals surface area (Å²) in [5.74, 6) is 1.26. The zero-order chi connectivity index (χ0) is 8.59. The third kappa shape index (κ3) is 1.53. The van der Waals surface area contributed by atoms with Crippen LogP contribution in [-0.4, -0.2) is 0 Å². The maximum absolute atomic E-state index is 4.47. The van der Waals surface area contributed by atoms with Gasteiger partial charge < -0.3 is 0 Å². The molecule has 11 heavy (non-hydrogen) atoms. The van der Waals surface area contributed by atoms with E-state index in [1.807, 2.05) is 0 Å². The Morgan fingerprint density at radius 1 is 1.36 bits per heavy atom. The molecule has 0 radical (unpaired) electrons. The molecular weight excluding hydrogens is 152 g/mol. The Morgan fingerprint density at radius 2 is 1.91 bits per heavy atom. The molecule has 0 fully saturated rings. The van der Waals surface area contributed by atoms with E-state index in [0.717, 1.165) is 0 Å². The Labute approximate surface area is 74.8 Å². The van der Waals surface area contributed by atoms with Gasteiger partial charge in [-0.3, -0.25) is 0 Å². The molecule has 1 rings (SSSR count). The van der Waals surface area contributed by atoms with Crippen molar-refractivity contribution in [1.82, 2.24) is 0 Å². The molecule has 2 atom stereocenters. The molecule has 0 bridgehead atoms. The predicted molar refractivity (Wildman–Crippen MR) is 53.8 cm³/mol. The van der Waals surface area contributed by atoms with Crippen LogP contribution in [0.5, 0.6) is 0 Å². The minimum Gasteiger partial charge on any atom is -0.147 e. The van der Waals surface area contributed by atoms with Crippen LogP contribution in [0.25, 0.3) is 0 Å². The van der Waals surface area contributed by atoms with Crippen molar-refractivity contribution in [2.75, 3.05) is 0 Å². The molecule has 0 spiro atoms. The number of allylic oxidation sites excluding steroid dienone is 3. The molecule has 0 aromatic heterocycles. The highest BCUT2D eigenvalue weighted by Gasteiger charge is 2.22. The van der Waals surface area contributed by atoms with Crippen LogP contribution in [0.1, 0.15) is 27.2 Å². The minimum atomic E-state index is 0.624. The van der Waals surface area contributed by atoms with Crippen LogP contribution in [-0.2, 0) is 0 Å². The summed E-state index contributed by atoms with van der Waals surface area (Å²) in [4.78, 5) is 1.23. The highest BCUT2D eigenvalue weighted by atomic mass is 32.1. The van der Waals surface area contributed by atoms with Crippen LogP contribution in [0.15, 0.2) is 22.6 Å². The Bertz CT molecular complexity index is 213. The summed E-state index contributed by atoms with van der Waals surface area (Å²) in [5.41, 5.74) is 2.58. The summed E-state index contributed by atoms with van der Waals surface area (Å²) in [6, 6.07) is 0. The van der Waals surface area contributed by atoms with Crippen LogP contribution in [0, 0.1) is 11.8 Å². The highest BCUT2D eigenvalue weighted by molar-refractivity contribution is 7.84. The molecule has 0 saturated carbocycles. The molecule has 0 aromatic carbocycles. The van der Waals surface area contributed by atoms with E-state index in [1.165, 1.54) is 22.5 Å². The Morgan fingerprint density at radius 3 is 2.45 bits per heavy atom. The molecular formula is C10H16S. The first-order valence-corrected chi connectivity index (χ1v) is 4.57. The third-order valence-corrected chi connectivity index (χ3v) is 3.41. The minimum absolute atomic E-state index is 0.624. The van der Waals surface area contributed by atoms with E-state index in [2.05, 4.69) is 40.0 Å². The van der Waals surface area contributed by atoms with Crippen molar-refractivity contribution in [2.45, 2.75) is 27.2 Å². The molecule has 0 nitrogen and oxygen atoms in total. The lowest BCUT2D eigenvalue weighted by Crippen LogP contribution is -2.14. The van der Waals surface area contributed by atoms with Crippen molar-refractivity contribution in [2.24, 2.45) is 11.8 Å². The topological polar surface area (TPSA) is 0 Å². The van der Waals surface area contributed by atoms with Crippen molar-refractivity contribution < 1.29 is 0 Å². The Balaban J connectivity index is 2.98. The second kappa shape index (κ2) is 3.06. The fourth-order valence-electron chi connectivity index (χ4n) is 1.69. The second-order valence-corrected chi connectivity index (χ2v) is 4.06. The molecule has 1 aliphatic rings. The van der Waals surface area contributed by atoms with Crippen molar-refractivity contribution in [3.05, 3.63) is 22.6 Å². The Hall–Kier alpha value is -0.170. The van der Waals surface area contributed by atoms with Crippen molar-refractivity contribution in [3.8, 4) is 0 Å². The molecule has 1 aliphatic carbocycles. The lowest BCUT2D eigenvalue weighted by Gasteiger charge is -2.28. The summed E-state index contributed by atoms with van der Waals surface area (Å²) in [6.45, 7) is 10.6. The Kier molecular flexibility index (Phi) is 2.48. The van der Waals surface area contributed by atoms with Gasteiger partial charge >= 0.3 is 0 Å². The monoisotopic (exact) mass is 168 g/mol. The lowest BCUT2D eigenvalue weighted by atomic mass is 9.81. The first kappa shape index (κ1) is 8.92. The lowest BCUT2D eigenvalue weighted by molar-refractivity contribution is 0.499. The van der Waals surface area contributed by atoms with Crippen LogP contribution in [0.4, 0.5) is 0 Å². The van der Waals surface area contributed by atoms with Crippen LogP contribution in [0.3, 0.4) is 0 Å². The predicted octanol–water partition coefficient (Wildman–Crippen LogP) is 3.42. The molecule has 1 heteroatoms. The fraction of sp³-hybridized carbons (Fsp3) is 0.600. The van der Waals surface area contributed by atoms with E-state index in [1.54, 1.807) is 0 Å². The van der Waals surface area contributed by atoms with Gasteiger partial charge in [0.15, 0.2) is 0 Å². The van der Waals surface area contributed by atoms with Crippen molar-refractivity contribution >= 4 is 12.6 Å². The van der Waals surface area contributed by atoms with Gasteiger partial charge in [-0.05, 0) is 41.2 Å². The standard InChI is InChI=1S/C10H16S/c1-6-5-7(2)10(11)9(4)8(6)3/h6-7,11H,3,5H2,1-2,4H3. The summed E-state index contributed by atoms with van der Waals surface area (Å²) >= 11 is 4.47. The van der Waals surface area contributed by atoms with Gasteiger partial charge in [0.05, 0.1) is 0 Å². The summed E-state index contributed by atoms with van der Waals surface area (Å²) < 4.78 is 0. The SMILES string of the molecule is C=C1C(C)=C(S)C(C)CC1C. The number of hydrogen-bond acceptors (Lipinski definition) is 1. The van der Waals surface area contributed by atoms with E-state index in [-0.39, 0.29) is 0 Å². The van der Waals surface area contributed by atoms with Gasteiger partial charge in [-0.1, -0.05) is 20.4 Å². The molecule has 0 N–H and O–H groups in total. The van der Waals surface area contributed by atoms with Crippen molar-refractivity contribution in [3.63, 3.8) is 0 Å². The van der Waals surface area contributed by atoms with E-state index in [0.29, 0.717) is 11.8 Å². The van der Waals surface area contributed by atoms with E-state index < -0.39 is 0 Å². The quantitative estimate of drug-likeness (QED) is 0.526. The van der Waals surface area contributed by atoms with E-state index in [9.17, 15) is 0 Å². The zero-order valence-electron chi connectivity index (χ0n) is 7.52. The normalized spacial score (nSPS) is 32.9. The number of hydrogen-bond donors (Lipinski definition) is 1. The molecule has 2 unspecified atom stereocenters. The highest BCUT2D eigenvalue weighted by Crippen LogP contribution is 2.37. The number of thiol groups is 1. The third-order valence-electron chi connectivity index (χ3n) is 2.63. The zero-order valence-corrected chi connectivity index (χ0v) is 8.41. The van der Waals surface area contributed by atoms with Crippen LogP contribution < -0.4 is 0 Å². The van der Waals surface area contributed by atoms with Gasteiger partial charge in [0.25, 0.3) is 0 Å². The molecule has 62 valence electrons. The first-order valence-electron chi connectivity index (χ1n) is 4.13. The number of rotatable bonds is 0. The van der Waals surface area contributed by atoms with E-state index >= 15 is 0 Å². The second-order valence-electron chi connectivity index (χ2n) is 3.57. The van der Waals surface area contributed by atoms with Crippen LogP contribution >= 0.6 is 12.6 Å². The summed E-state index contributed by atoms with van der Waals surface area (Å²) in [5, 5.41) is 0. The van der Waals surface area contributed by atoms with Gasteiger partial charge in [0.1, 0.15) is 0 Å². The fourth-order valence-corrected chi connectivity index (χ4v) is 1.94. The summed E-state index contributed by atoms with van der Waals surface area (Å²) in [6.07, 6.45) is 1.20. The molecule has 0 aliphatic heterocycles. The van der Waals surface area contributed by atoms with Crippen molar-refractivity contribution in [1.29, 1.82) is 0 Å². The smallest absolute Gasteiger partial charge is 0.0124 e. The average Bonchev–Trinajstić information content (AvgIpc) is 1.97.